The van der Waals surface area contributed by atoms with Crippen LogP contribution in [0.2, 0.25) is 0 Å². The first kappa shape index (κ1) is 13.3. The quantitative estimate of drug-likeness (QED) is 0.876. The molecule has 0 radical (unpaired) electrons. The topological polar surface area (TPSA) is 70.9 Å². The fraction of sp³-hybridized carbons (Fsp3) is 0.273. The highest BCUT2D eigenvalue weighted by atomic mass is 19.4. The summed E-state index contributed by atoms with van der Waals surface area (Å²) in [4.78, 5) is 18.2. The molecule has 1 aliphatic heterocycles. The van der Waals surface area contributed by atoms with Crippen LogP contribution in [0.5, 0.6) is 0 Å². The molecule has 0 saturated heterocycles. The van der Waals surface area contributed by atoms with Crippen LogP contribution in [0, 0.1) is 0 Å². The number of hydroxylamine groups is 1. The minimum absolute atomic E-state index is 0.0378. The van der Waals surface area contributed by atoms with Crippen LogP contribution in [0.1, 0.15) is 11.1 Å². The van der Waals surface area contributed by atoms with Crippen molar-refractivity contribution in [3.05, 3.63) is 35.4 Å². The number of hydrogen-bond acceptors (Lipinski definition) is 4. The smallest absolute Gasteiger partial charge is 0.437 e. The Hall–Kier alpha value is -2.09. The van der Waals surface area contributed by atoms with Crippen LogP contribution in [-0.4, -0.2) is 29.3 Å². The predicted octanol–water partition coefficient (Wildman–Crippen LogP) is 1.48. The Morgan fingerprint density at radius 1 is 1.37 bits per heavy atom. The third kappa shape index (κ3) is 3.22. The minimum atomic E-state index is -4.57. The fourth-order valence-electron chi connectivity index (χ4n) is 1.51. The number of hydrogen-bond donors (Lipinski definition) is 2. The van der Waals surface area contributed by atoms with Crippen molar-refractivity contribution >= 4 is 11.8 Å². The van der Waals surface area contributed by atoms with Crippen molar-refractivity contribution in [2.45, 2.75) is 18.8 Å². The number of aliphatic carboxylic acids is 1. The second kappa shape index (κ2) is 4.88. The van der Waals surface area contributed by atoms with E-state index in [1.807, 2.05) is 0 Å². The highest BCUT2D eigenvalue weighted by molar-refractivity contribution is 5.98. The van der Waals surface area contributed by atoms with Crippen molar-refractivity contribution in [3.8, 4) is 0 Å². The Labute approximate surface area is 105 Å². The Bertz CT molecular complexity index is 511. The second-order valence-corrected chi connectivity index (χ2v) is 3.86. The average molecular weight is 274 g/mol. The molecule has 102 valence electrons. The summed E-state index contributed by atoms with van der Waals surface area (Å²) in [6, 6.07) is 5.97. The van der Waals surface area contributed by atoms with Gasteiger partial charge in [0.05, 0.1) is 6.42 Å². The van der Waals surface area contributed by atoms with Crippen LogP contribution in [0.3, 0.4) is 0 Å². The van der Waals surface area contributed by atoms with Crippen LogP contribution in [-0.2, 0) is 16.1 Å². The lowest BCUT2D eigenvalue weighted by molar-refractivity contribution is -0.220. The summed E-state index contributed by atoms with van der Waals surface area (Å²) in [6.45, 7) is 0. The lowest BCUT2D eigenvalue weighted by Crippen LogP contribution is -2.29. The maximum Gasteiger partial charge on any atom is 0.437 e. The van der Waals surface area contributed by atoms with Gasteiger partial charge < -0.3 is 5.11 Å². The summed E-state index contributed by atoms with van der Waals surface area (Å²) in [5.74, 6) is -1.02. The molecule has 8 heteroatoms. The zero-order valence-electron chi connectivity index (χ0n) is 9.44. The predicted molar refractivity (Wildman–Crippen MR) is 58.4 cm³/mol. The van der Waals surface area contributed by atoms with Crippen molar-refractivity contribution in [2.24, 2.45) is 4.99 Å². The van der Waals surface area contributed by atoms with Crippen LogP contribution in [0.25, 0.3) is 0 Å². The van der Waals surface area contributed by atoms with E-state index in [0.29, 0.717) is 11.1 Å². The van der Waals surface area contributed by atoms with E-state index in [1.54, 1.807) is 0 Å². The fourth-order valence-corrected chi connectivity index (χ4v) is 1.51. The summed E-state index contributed by atoms with van der Waals surface area (Å²) in [5, 5.41) is 8.59. The van der Waals surface area contributed by atoms with E-state index >= 15 is 0 Å². The first-order chi connectivity index (χ1) is 8.86. The summed E-state index contributed by atoms with van der Waals surface area (Å²) in [7, 11) is 0. The van der Waals surface area contributed by atoms with E-state index in [-0.39, 0.29) is 12.3 Å². The lowest BCUT2D eigenvalue weighted by atomic mass is 10.1. The largest absolute Gasteiger partial charge is 0.481 e. The molecule has 1 aliphatic rings. The SMILES string of the molecule is O=C(O)Cc1ccc(C2=NC(C(F)(F)F)ON2)cc1. The molecule has 1 atom stereocenters. The monoisotopic (exact) mass is 274 g/mol. The van der Waals surface area contributed by atoms with Crippen molar-refractivity contribution in [2.75, 3.05) is 0 Å². The highest BCUT2D eigenvalue weighted by Crippen LogP contribution is 2.26. The van der Waals surface area contributed by atoms with Gasteiger partial charge in [-0.1, -0.05) is 24.3 Å². The zero-order valence-corrected chi connectivity index (χ0v) is 9.44. The van der Waals surface area contributed by atoms with E-state index < -0.39 is 18.4 Å². The molecule has 0 saturated carbocycles. The Morgan fingerprint density at radius 3 is 2.47 bits per heavy atom. The summed E-state index contributed by atoms with van der Waals surface area (Å²) in [5.41, 5.74) is 3.04. The number of amidine groups is 1. The molecule has 0 bridgehead atoms. The molecule has 0 amide bonds. The Morgan fingerprint density at radius 2 is 2.00 bits per heavy atom. The van der Waals surface area contributed by atoms with Gasteiger partial charge in [0.2, 0.25) is 0 Å². The van der Waals surface area contributed by atoms with Gasteiger partial charge in [0.1, 0.15) is 0 Å². The van der Waals surface area contributed by atoms with Gasteiger partial charge in [-0.3, -0.25) is 4.79 Å². The number of carbonyl (C=O) groups is 1. The van der Waals surface area contributed by atoms with Gasteiger partial charge in [0.15, 0.2) is 5.84 Å². The number of benzene rings is 1. The molecule has 0 aromatic heterocycles. The second-order valence-electron chi connectivity index (χ2n) is 3.86. The molecular weight excluding hydrogens is 265 g/mol. The molecular formula is C11H9F3N2O3. The minimum Gasteiger partial charge on any atom is -0.481 e. The van der Waals surface area contributed by atoms with Gasteiger partial charge in [-0.15, -0.1) is 0 Å². The van der Waals surface area contributed by atoms with Crippen LogP contribution in [0.15, 0.2) is 29.3 Å². The molecule has 1 aromatic carbocycles. The van der Waals surface area contributed by atoms with E-state index in [2.05, 4.69) is 15.3 Å². The van der Waals surface area contributed by atoms with Gasteiger partial charge in [0.25, 0.3) is 6.23 Å². The van der Waals surface area contributed by atoms with Gasteiger partial charge >= 0.3 is 12.1 Å². The zero-order chi connectivity index (χ0) is 14.0. The third-order valence-corrected chi connectivity index (χ3v) is 2.38. The summed E-state index contributed by atoms with van der Waals surface area (Å²) in [6.07, 6.45) is -6.94. The summed E-state index contributed by atoms with van der Waals surface area (Å²) < 4.78 is 37.0. The van der Waals surface area contributed by atoms with E-state index in [1.165, 1.54) is 24.3 Å². The molecule has 0 fully saturated rings. The van der Waals surface area contributed by atoms with Crippen LogP contribution in [0.4, 0.5) is 13.2 Å². The van der Waals surface area contributed by atoms with Crippen molar-refractivity contribution in [3.63, 3.8) is 0 Å². The first-order valence-electron chi connectivity index (χ1n) is 5.23. The molecule has 1 unspecified atom stereocenters. The molecule has 19 heavy (non-hydrogen) atoms. The van der Waals surface area contributed by atoms with E-state index in [4.69, 9.17) is 5.11 Å². The maximum atomic E-state index is 12.3. The van der Waals surface area contributed by atoms with Crippen LogP contribution < -0.4 is 5.48 Å². The Balaban J connectivity index is 2.13. The molecule has 0 aliphatic carbocycles. The maximum absolute atomic E-state index is 12.3. The molecule has 1 aromatic rings. The third-order valence-electron chi connectivity index (χ3n) is 2.38. The number of aliphatic imine (C=N–C) groups is 1. The number of rotatable bonds is 3. The van der Waals surface area contributed by atoms with Crippen molar-refractivity contribution < 1.29 is 27.9 Å². The number of alkyl halides is 3. The lowest BCUT2D eigenvalue weighted by Gasteiger charge is -2.08. The molecule has 1 heterocycles. The number of halogens is 3. The Kier molecular flexibility index (Phi) is 3.43. The highest BCUT2D eigenvalue weighted by Gasteiger charge is 2.44. The van der Waals surface area contributed by atoms with Crippen molar-refractivity contribution in [1.82, 2.24) is 5.48 Å². The normalized spacial score (nSPS) is 18.9. The molecule has 0 spiro atoms. The number of carboxylic acids is 1. The van der Waals surface area contributed by atoms with Crippen LogP contribution >= 0.6 is 0 Å². The number of nitrogens with zero attached hydrogens (tertiary/aromatic N) is 1. The van der Waals surface area contributed by atoms with Gasteiger partial charge in [0, 0.05) is 5.56 Å². The molecule has 2 rings (SSSR count). The van der Waals surface area contributed by atoms with E-state index in [0.717, 1.165) is 0 Å². The number of nitrogens with one attached hydrogen (secondary N) is 1. The average Bonchev–Trinajstić information content (AvgIpc) is 2.78. The summed E-state index contributed by atoms with van der Waals surface area (Å²) >= 11 is 0. The van der Waals surface area contributed by atoms with Crippen molar-refractivity contribution in [1.29, 1.82) is 0 Å². The van der Waals surface area contributed by atoms with Gasteiger partial charge in [-0.2, -0.15) is 13.2 Å². The first-order valence-corrected chi connectivity index (χ1v) is 5.23. The molecule has 5 nitrogen and oxygen atoms in total. The number of carboxylic acid groups (broad SMARTS) is 1. The van der Waals surface area contributed by atoms with Gasteiger partial charge in [-0.05, 0) is 5.56 Å². The molecule has 2 N–H and O–H groups in total. The standard InChI is InChI=1S/C11H9F3N2O3/c12-11(13,14)10-15-9(16-19-10)7-3-1-6(2-4-7)5-8(17)18/h1-4,10H,5H2,(H,15,16)(H,17,18). The van der Waals surface area contributed by atoms with E-state index in [9.17, 15) is 18.0 Å². The van der Waals surface area contributed by atoms with Gasteiger partial charge in [-0.25, -0.2) is 15.3 Å².